The van der Waals surface area contributed by atoms with Gasteiger partial charge in [-0.1, -0.05) is 0 Å². The van der Waals surface area contributed by atoms with Crippen LogP contribution in [0.5, 0.6) is 11.6 Å². The van der Waals surface area contributed by atoms with E-state index in [1.54, 1.807) is 48.5 Å². The van der Waals surface area contributed by atoms with Crippen molar-refractivity contribution in [3.05, 3.63) is 42.5 Å². The highest BCUT2D eigenvalue weighted by Crippen LogP contribution is 2.35. The third kappa shape index (κ3) is 5.21. The summed E-state index contributed by atoms with van der Waals surface area (Å²) in [5.41, 5.74) is 1.01. The first-order valence-corrected chi connectivity index (χ1v) is 10.5. The van der Waals surface area contributed by atoms with Gasteiger partial charge in [0.05, 0.1) is 25.0 Å². The summed E-state index contributed by atoms with van der Waals surface area (Å²) >= 11 is 0. The summed E-state index contributed by atoms with van der Waals surface area (Å²) in [4.78, 5) is 21.1. The molecule has 180 valence electrons. The van der Waals surface area contributed by atoms with Gasteiger partial charge in [-0.05, 0) is 19.1 Å². The molecule has 0 unspecified atom stereocenters. The first kappa shape index (κ1) is 23.3. The van der Waals surface area contributed by atoms with Gasteiger partial charge in [-0.15, -0.1) is 20.4 Å². The van der Waals surface area contributed by atoms with Crippen molar-refractivity contribution in [1.29, 1.82) is 0 Å². The number of nitrogens with one attached hydrogen (secondary N) is 3. The molecule has 4 aromatic rings. The van der Waals surface area contributed by atoms with Gasteiger partial charge in [-0.25, -0.2) is 9.97 Å². The molecule has 3 N–H and O–H groups in total. The van der Waals surface area contributed by atoms with Crippen molar-refractivity contribution < 1.29 is 14.3 Å². The Balaban J connectivity index is 1.68. The number of carbonyl (C=O) groups excluding carboxylic acids is 1. The van der Waals surface area contributed by atoms with Crippen LogP contribution in [0.25, 0.3) is 11.4 Å². The van der Waals surface area contributed by atoms with Crippen LogP contribution in [0.3, 0.4) is 0 Å². The molecule has 0 radical (unpaired) electrons. The summed E-state index contributed by atoms with van der Waals surface area (Å²) in [6.45, 7) is 2.34. The number of hydrogen-bond acceptors (Lipinski definition) is 12. The van der Waals surface area contributed by atoms with Gasteiger partial charge in [0.2, 0.25) is 5.88 Å². The van der Waals surface area contributed by atoms with E-state index in [1.165, 1.54) is 14.2 Å². The van der Waals surface area contributed by atoms with Gasteiger partial charge in [0, 0.05) is 32.4 Å². The van der Waals surface area contributed by atoms with Crippen molar-refractivity contribution in [1.82, 2.24) is 45.5 Å². The normalized spacial score (nSPS) is 10.5. The van der Waals surface area contributed by atoms with Crippen molar-refractivity contribution in [2.45, 2.75) is 6.92 Å². The summed E-state index contributed by atoms with van der Waals surface area (Å²) in [7, 11) is 4.78. The number of ether oxygens (including phenoxy) is 2. The number of pyridine rings is 1. The van der Waals surface area contributed by atoms with E-state index in [-0.39, 0.29) is 5.69 Å². The van der Waals surface area contributed by atoms with E-state index in [2.05, 4.69) is 51.4 Å². The van der Waals surface area contributed by atoms with Crippen molar-refractivity contribution in [3.8, 4) is 23.0 Å². The zero-order valence-corrected chi connectivity index (χ0v) is 19.5. The molecular formula is C21H23N11O3. The van der Waals surface area contributed by atoms with Crippen LogP contribution in [0.2, 0.25) is 0 Å². The molecular weight excluding hydrogens is 454 g/mol. The van der Waals surface area contributed by atoms with E-state index >= 15 is 0 Å². The zero-order valence-electron chi connectivity index (χ0n) is 19.5. The lowest BCUT2D eigenvalue weighted by molar-refractivity contribution is 0.0958. The minimum absolute atomic E-state index is 0.0565. The molecule has 0 aliphatic heterocycles. The molecule has 4 aromatic heterocycles. The summed E-state index contributed by atoms with van der Waals surface area (Å²) in [5, 5.41) is 29.2. The number of rotatable bonds is 9. The lowest BCUT2D eigenvalue weighted by Crippen LogP contribution is -2.21. The first-order chi connectivity index (χ1) is 17.0. The van der Waals surface area contributed by atoms with E-state index in [0.29, 0.717) is 52.8 Å². The SMILES string of the molecule is CCOc1ccc(Nc2cc(Nc3nccc(-c4ncn(C)n4)c3OC)c(C(=O)NC)nn2)nn1. The molecule has 35 heavy (non-hydrogen) atoms. The molecule has 0 aromatic carbocycles. The second-order valence-electron chi connectivity index (χ2n) is 6.99. The standard InChI is InChI=1S/C21H23N11O3/c1-5-35-16-7-6-14(27-29-16)26-15-10-13(17(30-28-15)21(33)22-2)25-20-18(34-4)12(8-9-23-20)19-24-11-32(3)31-19/h6-11H,5H2,1-4H3,(H,22,33)(H2,23,25,26,27,28). The van der Waals surface area contributed by atoms with Gasteiger partial charge in [0.25, 0.3) is 5.91 Å². The molecule has 14 heteroatoms. The van der Waals surface area contributed by atoms with Crippen molar-refractivity contribution in [3.63, 3.8) is 0 Å². The fraction of sp³-hybridized carbons (Fsp3) is 0.238. The monoisotopic (exact) mass is 477 g/mol. The maximum Gasteiger partial charge on any atom is 0.273 e. The molecule has 0 spiro atoms. The van der Waals surface area contributed by atoms with Gasteiger partial charge in [0.15, 0.2) is 34.7 Å². The molecule has 0 atom stereocenters. The van der Waals surface area contributed by atoms with Crippen LogP contribution in [-0.2, 0) is 7.05 Å². The quantitative estimate of drug-likeness (QED) is 0.320. The molecule has 0 fully saturated rings. The lowest BCUT2D eigenvalue weighted by atomic mass is 10.2. The molecule has 1 amide bonds. The average molecular weight is 477 g/mol. The number of aryl methyl sites for hydroxylation is 1. The van der Waals surface area contributed by atoms with Crippen LogP contribution in [-0.4, -0.2) is 66.8 Å². The Morgan fingerprint density at radius 1 is 1.06 bits per heavy atom. The number of carbonyl (C=O) groups is 1. The van der Waals surface area contributed by atoms with E-state index in [0.717, 1.165) is 0 Å². The maximum absolute atomic E-state index is 12.5. The summed E-state index contributed by atoms with van der Waals surface area (Å²) < 4.78 is 12.5. The van der Waals surface area contributed by atoms with E-state index in [1.807, 2.05) is 6.92 Å². The maximum atomic E-state index is 12.5. The Bertz CT molecular complexity index is 1320. The Labute approximate surface area is 200 Å². The Morgan fingerprint density at radius 3 is 2.54 bits per heavy atom. The van der Waals surface area contributed by atoms with Crippen LogP contribution >= 0.6 is 0 Å². The zero-order chi connectivity index (χ0) is 24.8. The highest BCUT2D eigenvalue weighted by Gasteiger charge is 2.20. The lowest BCUT2D eigenvalue weighted by Gasteiger charge is -2.15. The van der Waals surface area contributed by atoms with Crippen LogP contribution in [0, 0.1) is 0 Å². The Kier molecular flexibility index (Phi) is 6.90. The summed E-state index contributed by atoms with van der Waals surface area (Å²) in [6, 6.07) is 6.70. The number of aromatic nitrogens is 8. The van der Waals surface area contributed by atoms with E-state index < -0.39 is 5.91 Å². The van der Waals surface area contributed by atoms with Crippen molar-refractivity contribution in [2.75, 3.05) is 31.4 Å². The molecule has 4 heterocycles. The third-order valence-electron chi connectivity index (χ3n) is 4.63. The highest BCUT2D eigenvalue weighted by atomic mass is 16.5. The molecule has 0 saturated heterocycles. The topological polar surface area (TPSA) is 167 Å². The predicted octanol–water partition coefficient (Wildman–Crippen LogP) is 1.71. The average Bonchev–Trinajstić information content (AvgIpc) is 3.31. The molecule has 0 aliphatic carbocycles. The van der Waals surface area contributed by atoms with E-state index in [9.17, 15) is 4.79 Å². The van der Waals surface area contributed by atoms with Crippen LogP contribution in [0.15, 0.2) is 36.8 Å². The molecule has 0 bridgehead atoms. The Morgan fingerprint density at radius 2 is 1.89 bits per heavy atom. The van der Waals surface area contributed by atoms with Gasteiger partial charge in [-0.3, -0.25) is 9.48 Å². The summed E-state index contributed by atoms with van der Waals surface area (Å²) in [5.74, 6) is 1.90. The first-order valence-electron chi connectivity index (χ1n) is 10.5. The molecule has 4 rings (SSSR count). The van der Waals surface area contributed by atoms with Crippen molar-refractivity contribution >= 4 is 29.0 Å². The third-order valence-corrected chi connectivity index (χ3v) is 4.63. The van der Waals surface area contributed by atoms with Crippen LogP contribution < -0.4 is 25.4 Å². The van der Waals surface area contributed by atoms with Crippen LogP contribution in [0.4, 0.5) is 23.1 Å². The molecule has 0 saturated carbocycles. The summed E-state index contributed by atoms with van der Waals surface area (Å²) in [6.07, 6.45) is 3.17. The van der Waals surface area contributed by atoms with Gasteiger partial charge in [0.1, 0.15) is 6.33 Å². The minimum atomic E-state index is -0.436. The van der Waals surface area contributed by atoms with Crippen molar-refractivity contribution in [2.24, 2.45) is 7.05 Å². The van der Waals surface area contributed by atoms with E-state index in [4.69, 9.17) is 9.47 Å². The van der Waals surface area contributed by atoms with Gasteiger partial charge >= 0.3 is 0 Å². The largest absolute Gasteiger partial charge is 0.492 e. The predicted molar refractivity (Wildman–Crippen MR) is 126 cm³/mol. The number of hydrogen-bond donors (Lipinski definition) is 3. The smallest absolute Gasteiger partial charge is 0.273 e. The number of methoxy groups -OCH3 is 1. The second kappa shape index (κ2) is 10.4. The van der Waals surface area contributed by atoms with Crippen LogP contribution in [0.1, 0.15) is 17.4 Å². The molecule has 14 nitrogen and oxygen atoms in total. The fourth-order valence-corrected chi connectivity index (χ4v) is 3.09. The number of nitrogens with zero attached hydrogens (tertiary/aromatic N) is 8. The van der Waals surface area contributed by atoms with Gasteiger partial charge < -0.3 is 25.4 Å². The minimum Gasteiger partial charge on any atom is -0.492 e. The second-order valence-corrected chi connectivity index (χ2v) is 6.99. The van der Waals surface area contributed by atoms with Gasteiger partial charge in [-0.2, -0.15) is 5.10 Å². The highest BCUT2D eigenvalue weighted by molar-refractivity contribution is 5.98. The number of amides is 1. The molecule has 0 aliphatic rings. The number of anilines is 4. The Hall–Kier alpha value is -4.88. The fourth-order valence-electron chi connectivity index (χ4n) is 3.09.